The summed E-state index contributed by atoms with van der Waals surface area (Å²) in [7, 11) is 1.62. The van der Waals surface area contributed by atoms with Crippen LogP contribution < -0.4 is 10.1 Å². The van der Waals surface area contributed by atoms with E-state index in [9.17, 15) is 9.59 Å². The van der Waals surface area contributed by atoms with E-state index in [4.69, 9.17) is 4.74 Å². The van der Waals surface area contributed by atoms with Gasteiger partial charge in [0.05, 0.1) is 13.7 Å². The zero-order valence-corrected chi connectivity index (χ0v) is 15.6. The average Bonchev–Trinajstić information content (AvgIpc) is 2.72. The van der Waals surface area contributed by atoms with Crippen molar-refractivity contribution in [3.63, 3.8) is 0 Å². The molecule has 1 aliphatic rings. The molecule has 3 rings (SSSR count). The standard InChI is InChI=1S/C21H25N3O3/c1-27-19-10-3-2-7-16(19)13-23-20(25)15-24-12-6-8-17(14-24)21(26)18-9-4-5-11-22-18/h2-5,7,9-11,17H,6,8,12-15H2,1H3,(H,23,25)/t17-/m1/s1. The van der Waals surface area contributed by atoms with Crippen LogP contribution in [-0.2, 0) is 11.3 Å². The molecule has 0 bridgehead atoms. The Hall–Kier alpha value is -2.73. The molecule has 2 heterocycles. The molecule has 1 atom stereocenters. The zero-order chi connectivity index (χ0) is 19.1. The number of pyridine rings is 1. The Labute approximate surface area is 159 Å². The summed E-state index contributed by atoms with van der Waals surface area (Å²) in [4.78, 5) is 31.2. The molecule has 27 heavy (non-hydrogen) atoms. The number of ether oxygens (including phenoxy) is 1. The van der Waals surface area contributed by atoms with Crippen LogP contribution in [-0.4, -0.2) is 48.3 Å². The second-order valence-electron chi connectivity index (χ2n) is 6.74. The predicted molar refractivity (Wildman–Crippen MR) is 103 cm³/mol. The van der Waals surface area contributed by atoms with Gasteiger partial charge < -0.3 is 10.1 Å². The van der Waals surface area contributed by atoms with E-state index in [0.29, 0.717) is 25.3 Å². The lowest BCUT2D eigenvalue weighted by atomic mass is 9.92. The van der Waals surface area contributed by atoms with Gasteiger partial charge >= 0.3 is 0 Å². The maximum atomic E-state index is 12.6. The largest absolute Gasteiger partial charge is 0.496 e. The van der Waals surface area contributed by atoms with Crippen molar-refractivity contribution < 1.29 is 14.3 Å². The van der Waals surface area contributed by atoms with Crippen LogP contribution in [0.5, 0.6) is 5.75 Å². The van der Waals surface area contributed by atoms with E-state index in [0.717, 1.165) is 30.7 Å². The number of ketones is 1. The number of nitrogens with one attached hydrogen (secondary N) is 1. The van der Waals surface area contributed by atoms with E-state index in [-0.39, 0.29) is 17.6 Å². The van der Waals surface area contributed by atoms with E-state index in [1.165, 1.54) is 0 Å². The average molecular weight is 367 g/mol. The van der Waals surface area contributed by atoms with E-state index < -0.39 is 0 Å². The smallest absolute Gasteiger partial charge is 0.234 e. The fourth-order valence-corrected chi connectivity index (χ4v) is 3.43. The number of nitrogens with zero attached hydrogens (tertiary/aromatic N) is 2. The van der Waals surface area contributed by atoms with Crippen LogP contribution in [0.2, 0.25) is 0 Å². The number of para-hydroxylation sites is 1. The van der Waals surface area contributed by atoms with Crippen molar-refractivity contribution >= 4 is 11.7 Å². The fraction of sp³-hybridized carbons (Fsp3) is 0.381. The van der Waals surface area contributed by atoms with Crippen molar-refractivity contribution in [2.24, 2.45) is 5.92 Å². The third kappa shape index (κ3) is 5.14. The first kappa shape index (κ1) is 19.0. The van der Waals surface area contributed by atoms with Crippen molar-refractivity contribution in [1.29, 1.82) is 0 Å². The molecule has 0 spiro atoms. The van der Waals surface area contributed by atoms with Gasteiger partial charge in [-0.25, -0.2) is 0 Å². The molecule has 1 saturated heterocycles. The molecule has 1 amide bonds. The number of hydrogen-bond donors (Lipinski definition) is 1. The highest BCUT2D eigenvalue weighted by Gasteiger charge is 2.28. The minimum atomic E-state index is -0.101. The monoisotopic (exact) mass is 367 g/mol. The second-order valence-corrected chi connectivity index (χ2v) is 6.74. The highest BCUT2D eigenvalue weighted by molar-refractivity contribution is 5.96. The normalized spacial score (nSPS) is 17.3. The Morgan fingerprint density at radius 2 is 2.04 bits per heavy atom. The van der Waals surface area contributed by atoms with Crippen LogP contribution in [0, 0.1) is 5.92 Å². The molecule has 1 aliphatic heterocycles. The number of benzene rings is 1. The van der Waals surface area contributed by atoms with E-state index in [1.54, 1.807) is 25.4 Å². The summed E-state index contributed by atoms with van der Waals surface area (Å²) in [6.45, 7) is 2.14. The highest BCUT2D eigenvalue weighted by atomic mass is 16.5. The number of amides is 1. The number of methoxy groups -OCH3 is 1. The molecule has 6 heteroatoms. The van der Waals surface area contributed by atoms with E-state index in [1.807, 2.05) is 35.2 Å². The topological polar surface area (TPSA) is 71.5 Å². The van der Waals surface area contributed by atoms with Crippen LogP contribution in [0.1, 0.15) is 28.9 Å². The van der Waals surface area contributed by atoms with Gasteiger partial charge in [-0.05, 0) is 37.6 Å². The first-order chi connectivity index (χ1) is 13.2. The number of hydrogen-bond acceptors (Lipinski definition) is 5. The number of Topliss-reactive ketones (excluding diaryl/α,β-unsaturated/α-hetero) is 1. The number of piperidine rings is 1. The molecular formula is C21H25N3O3. The maximum Gasteiger partial charge on any atom is 0.234 e. The van der Waals surface area contributed by atoms with Gasteiger partial charge in [0.25, 0.3) is 0 Å². The molecule has 0 saturated carbocycles. The Morgan fingerprint density at radius 3 is 2.81 bits per heavy atom. The molecule has 0 unspecified atom stereocenters. The minimum absolute atomic E-state index is 0.0492. The van der Waals surface area contributed by atoms with Crippen molar-refractivity contribution in [1.82, 2.24) is 15.2 Å². The molecular weight excluding hydrogens is 342 g/mol. The quantitative estimate of drug-likeness (QED) is 0.761. The summed E-state index contributed by atoms with van der Waals surface area (Å²) in [6.07, 6.45) is 3.39. The Morgan fingerprint density at radius 1 is 1.22 bits per heavy atom. The van der Waals surface area contributed by atoms with Crippen LogP contribution in [0.3, 0.4) is 0 Å². The summed E-state index contributed by atoms with van der Waals surface area (Å²) in [5.41, 5.74) is 1.44. The van der Waals surface area contributed by atoms with Gasteiger partial charge in [-0.15, -0.1) is 0 Å². The summed E-state index contributed by atoms with van der Waals surface area (Å²) >= 11 is 0. The lowest BCUT2D eigenvalue weighted by Crippen LogP contribution is -2.44. The van der Waals surface area contributed by atoms with Gasteiger partial charge in [-0.2, -0.15) is 0 Å². The number of aromatic nitrogens is 1. The summed E-state index contributed by atoms with van der Waals surface area (Å²) in [6, 6.07) is 13.0. The SMILES string of the molecule is COc1ccccc1CNC(=O)CN1CCC[C@@H](C(=O)c2ccccn2)C1. The third-order valence-electron chi connectivity index (χ3n) is 4.83. The van der Waals surface area contributed by atoms with Crippen LogP contribution in [0.25, 0.3) is 0 Å². The minimum Gasteiger partial charge on any atom is -0.496 e. The molecule has 1 aromatic carbocycles. The lowest BCUT2D eigenvalue weighted by molar-refractivity contribution is -0.122. The first-order valence-corrected chi connectivity index (χ1v) is 9.23. The molecule has 1 fully saturated rings. The zero-order valence-electron chi connectivity index (χ0n) is 15.6. The van der Waals surface area contributed by atoms with Gasteiger partial charge in [0.2, 0.25) is 5.91 Å². The second kappa shape index (κ2) is 9.28. The van der Waals surface area contributed by atoms with Gasteiger partial charge in [0.15, 0.2) is 5.78 Å². The Balaban J connectivity index is 1.51. The summed E-state index contributed by atoms with van der Waals surface area (Å²) in [5.74, 6) is 0.675. The highest BCUT2D eigenvalue weighted by Crippen LogP contribution is 2.20. The van der Waals surface area contributed by atoms with E-state index in [2.05, 4.69) is 10.3 Å². The maximum absolute atomic E-state index is 12.6. The number of carbonyl (C=O) groups is 2. The van der Waals surface area contributed by atoms with Crippen LogP contribution in [0.4, 0.5) is 0 Å². The number of likely N-dealkylation sites (tertiary alicyclic amines) is 1. The molecule has 0 aliphatic carbocycles. The fourth-order valence-electron chi connectivity index (χ4n) is 3.43. The summed E-state index contributed by atoms with van der Waals surface area (Å²) < 4.78 is 5.30. The van der Waals surface area contributed by atoms with Crippen molar-refractivity contribution in [2.75, 3.05) is 26.7 Å². The van der Waals surface area contributed by atoms with Gasteiger partial charge in [0.1, 0.15) is 11.4 Å². The van der Waals surface area contributed by atoms with Crippen LogP contribution in [0.15, 0.2) is 48.7 Å². The van der Waals surface area contributed by atoms with Crippen LogP contribution >= 0.6 is 0 Å². The van der Waals surface area contributed by atoms with Gasteiger partial charge in [-0.3, -0.25) is 19.5 Å². The molecule has 142 valence electrons. The number of carbonyl (C=O) groups excluding carboxylic acids is 2. The van der Waals surface area contributed by atoms with Gasteiger partial charge in [-0.1, -0.05) is 24.3 Å². The molecule has 1 aromatic heterocycles. The molecule has 0 radical (unpaired) electrons. The predicted octanol–water partition coefficient (Wildman–Crippen LogP) is 2.30. The third-order valence-corrected chi connectivity index (χ3v) is 4.83. The van der Waals surface area contributed by atoms with Crippen molar-refractivity contribution in [3.8, 4) is 5.75 Å². The summed E-state index contributed by atoms with van der Waals surface area (Å²) in [5, 5.41) is 2.94. The van der Waals surface area contributed by atoms with Crippen molar-refractivity contribution in [3.05, 3.63) is 59.9 Å². The van der Waals surface area contributed by atoms with E-state index >= 15 is 0 Å². The molecule has 2 aromatic rings. The first-order valence-electron chi connectivity index (χ1n) is 9.23. The molecule has 1 N–H and O–H groups in total. The Kier molecular flexibility index (Phi) is 6.54. The lowest BCUT2D eigenvalue weighted by Gasteiger charge is -2.31. The number of rotatable bonds is 7. The Bertz CT molecular complexity index is 779. The van der Waals surface area contributed by atoms with Crippen molar-refractivity contribution in [2.45, 2.75) is 19.4 Å². The molecule has 6 nitrogen and oxygen atoms in total. The van der Waals surface area contributed by atoms with Gasteiger partial charge in [0, 0.05) is 30.8 Å².